The first kappa shape index (κ1) is 15.0. The molecule has 8 heteroatoms. The first-order valence-corrected chi connectivity index (χ1v) is 6.85. The van der Waals surface area contributed by atoms with E-state index in [1.165, 1.54) is 0 Å². The Morgan fingerprint density at radius 2 is 1.91 bits per heavy atom. The summed E-state index contributed by atoms with van der Waals surface area (Å²) in [5, 5.41) is 9.65. The third-order valence-corrected chi connectivity index (χ3v) is 3.46. The summed E-state index contributed by atoms with van der Waals surface area (Å²) in [6.07, 6.45) is -7.18. The van der Waals surface area contributed by atoms with Crippen molar-refractivity contribution in [3.05, 3.63) is 18.0 Å². The Balaban J connectivity index is 1.93. The van der Waals surface area contributed by atoms with Gasteiger partial charge in [-0.25, -0.2) is 4.98 Å². The van der Waals surface area contributed by atoms with Gasteiger partial charge in [0.25, 0.3) is 0 Å². The molecule has 0 spiro atoms. The van der Waals surface area contributed by atoms with Crippen LogP contribution in [0.3, 0.4) is 0 Å². The molecule has 1 aromatic heterocycles. The van der Waals surface area contributed by atoms with Gasteiger partial charge in [0, 0.05) is 12.1 Å². The van der Waals surface area contributed by atoms with E-state index in [4.69, 9.17) is 9.47 Å². The van der Waals surface area contributed by atoms with Crippen molar-refractivity contribution in [3.8, 4) is 11.5 Å². The van der Waals surface area contributed by atoms with E-state index in [1.807, 2.05) is 0 Å². The fourth-order valence-electron chi connectivity index (χ4n) is 2.55. The number of hydrogen-bond acceptors (Lipinski definition) is 4. The Bertz CT molecular complexity index is 697. The maximum absolute atomic E-state index is 12.4. The zero-order valence-corrected chi connectivity index (χ0v) is 11.9. The summed E-state index contributed by atoms with van der Waals surface area (Å²) < 4.78 is 49.5. The average Bonchev–Trinajstić information content (AvgIpc) is 2.70. The number of ether oxygens (including phenoxy) is 2. The molecule has 0 radical (unpaired) electrons. The van der Waals surface area contributed by atoms with E-state index in [-0.39, 0.29) is 6.54 Å². The molecule has 2 aromatic rings. The number of alkyl halides is 3. The number of fused-ring (bicyclic) bond motifs is 2. The van der Waals surface area contributed by atoms with Crippen LogP contribution in [0.5, 0.6) is 11.5 Å². The minimum absolute atomic E-state index is 0.179. The van der Waals surface area contributed by atoms with E-state index in [1.54, 1.807) is 23.6 Å². The van der Waals surface area contributed by atoms with E-state index >= 15 is 0 Å². The number of nitrogens with zero attached hydrogens (tertiary/aromatic N) is 2. The zero-order valence-electron chi connectivity index (χ0n) is 11.9. The highest BCUT2D eigenvalue weighted by molar-refractivity contribution is 5.80. The van der Waals surface area contributed by atoms with Crippen molar-refractivity contribution in [2.45, 2.75) is 32.2 Å². The van der Waals surface area contributed by atoms with Gasteiger partial charge in [-0.3, -0.25) is 0 Å². The molecular weight excluding hydrogens is 301 g/mol. The predicted octanol–water partition coefficient (Wildman–Crippen LogP) is 2.43. The standard InChI is InChI=1S/C14H15F3N2O3/c1-8-18-10-4-12-13(22-3-2-21-12)5-11(10)19(8)7-9(20)6-14(15,16)17/h4-5,9,20H,2-3,6-7H2,1H3/t9-/m1/s1. The largest absolute Gasteiger partial charge is 0.486 e. The number of benzene rings is 1. The first-order chi connectivity index (χ1) is 10.3. The molecule has 1 N–H and O–H groups in total. The molecule has 1 atom stereocenters. The van der Waals surface area contributed by atoms with Gasteiger partial charge in [-0.05, 0) is 6.92 Å². The van der Waals surface area contributed by atoms with Gasteiger partial charge < -0.3 is 19.1 Å². The minimum atomic E-state index is -4.40. The third-order valence-electron chi connectivity index (χ3n) is 3.46. The zero-order chi connectivity index (χ0) is 15.9. The Morgan fingerprint density at radius 1 is 1.27 bits per heavy atom. The Kier molecular flexibility index (Phi) is 3.64. The number of aliphatic hydroxyl groups excluding tert-OH is 1. The normalized spacial score (nSPS) is 16.0. The molecular formula is C14H15F3N2O3. The van der Waals surface area contributed by atoms with Crippen LogP contribution in [0.15, 0.2) is 12.1 Å². The number of aryl methyl sites for hydroxylation is 1. The van der Waals surface area contributed by atoms with Crippen molar-refractivity contribution in [3.63, 3.8) is 0 Å². The second-order valence-electron chi connectivity index (χ2n) is 5.23. The van der Waals surface area contributed by atoms with Gasteiger partial charge in [-0.1, -0.05) is 0 Å². The van der Waals surface area contributed by atoms with Gasteiger partial charge in [0.15, 0.2) is 11.5 Å². The molecule has 1 aliphatic heterocycles. The van der Waals surface area contributed by atoms with Crippen molar-refractivity contribution in [2.75, 3.05) is 13.2 Å². The second-order valence-corrected chi connectivity index (χ2v) is 5.23. The fraction of sp³-hybridized carbons (Fsp3) is 0.500. The topological polar surface area (TPSA) is 56.5 Å². The maximum atomic E-state index is 12.4. The van der Waals surface area contributed by atoms with E-state index < -0.39 is 18.7 Å². The Morgan fingerprint density at radius 3 is 2.55 bits per heavy atom. The molecule has 120 valence electrons. The quantitative estimate of drug-likeness (QED) is 0.945. The summed E-state index contributed by atoms with van der Waals surface area (Å²) in [6.45, 7) is 2.37. The summed E-state index contributed by atoms with van der Waals surface area (Å²) in [4.78, 5) is 4.31. The van der Waals surface area contributed by atoms with Crippen molar-refractivity contribution in [1.29, 1.82) is 0 Å². The molecule has 0 fully saturated rings. The monoisotopic (exact) mass is 316 g/mol. The van der Waals surface area contributed by atoms with Crippen LogP contribution in [0.4, 0.5) is 13.2 Å². The van der Waals surface area contributed by atoms with Crippen LogP contribution in [0.2, 0.25) is 0 Å². The molecule has 22 heavy (non-hydrogen) atoms. The van der Waals surface area contributed by atoms with Crippen LogP contribution in [-0.2, 0) is 6.54 Å². The number of hydrogen-bond donors (Lipinski definition) is 1. The molecule has 0 unspecified atom stereocenters. The summed E-state index contributed by atoms with van der Waals surface area (Å²) in [5.74, 6) is 1.63. The van der Waals surface area contributed by atoms with Crippen LogP contribution >= 0.6 is 0 Å². The fourth-order valence-corrected chi connectivity index (χ4v) is 2.55. The van der Waals surface area contributed by atoms with Gasteiger partial charge in [0.05, 0.1) is 30.1 Å². The van der Waals surface area contributed by atoms with Crippen molar-refractivity contribution < 1.29 is 27.8 Å². The summed E-state index contributed by atoms with van der Waals surface area (Å²) in [5.41, 5.74) is 1.21. The minimum Gasteiger partial charge on any atom is -0.486 e. The summed E-state index contributed by atoms with van der Waals surface area (Å²) in [7, 11) is 0. The second kappa shape index (κ2) is 5.35. The highest BCUT2D eigenvalue weighted by Crippen LogP contribution is 2.35. The average molecular weight is 316 g/mol. The molecule has 2 heterocycles. The van der Waals surface area contributed by atoms with Crippen molar-refractivity contribution in [1.82, 2.24) is 9.55 Å². The molecule has 0 amide bonds. The van der Waals surface area contributed by atoms with Gasteiger partial charge in [-0.15, -0.1) is 0 Å². The number of rotatable bonds is 3. The highest BCUT2D eigenvalue weighted by Gasteiger charge is 2.31. The van der Waals surface area contributed by atoms with Crippen molar-refractivity contribution >= 4 is 11.0 Å². The number of halogens is 3. The molecule has 5 nitrogen and oxygen atoms in total. The van der Waals surface area contributed by atoms with Gasteiger partial charge >= 0.3 is 6.18 Å². The number of imidazole rings is 1. The van der Waals surface area contributed by atoms with Crippen LogP contribution in [0, 0.1) is 6.92 Å². The SMILES string of the molecule is Cc1nc2cc3c(cc2n1C[C@H](O)CC(F)(F)F)OCCO3. The third kappa shape index (κ3) is 2.96. The van der Waals surface area contributed by atoms with Gasteiger partial charge in [-0.2, -0.15) is 13.2 Å². The van der Waals surface area contributed by atoms with Crippen LogP contribution < -0.4 is 9.47 Å². The maximum Gasteiger partial charge on any atom is 0.391 e. The van der Waals surface area contributed by atoms with Crippen LogP contribution in [0.25, 0.3) is 11.0 Å². The smallest absolute Gasteiger partial charge is 0.391 e. The lowest BCUT2D eigenvalue weighted by Crippen LogP contribution is -2.24. The number of aliphatic hydroxyl groups is 1. The summed E-state index contributed by atoms with van der Waals surface area (Å²) >= 11 is 0. The number of aromatic nitrogens is 2. The lowest BCUT2D eigenvalue weighted by atomic mass is 10.2. The first-order valence-electron chi connectivity index (χ1n) is 6.85. The molecule has 3 rings (SSSR count). The van der Waals surface area contributed by atoms with Crippen LogP contribution in [0.1, 0.15) is 12.2 Å². The summed E-state index contributed by atoms with van der Waals surface area (Å²) in [6, 6.07) is 3.38. The van der Waals surface area contributed by atoms with E-state index in [0.717, 1.165) is 0 Å². The Labute approximate surface area is 124 Å². The molecule has 0 bridgehead atoms. The molecule has 1 aliphatic rings. The Hall–Kier alpha value is -1.96. The lowest BCUT2D eigenvalue weighted by molar-refractivity contribution is -0.154. The van der Waals surface area contributed by atoms with E-state index in [0.29, 0.717) is 41.6 Å². The molecule has 0 saturated carbocycles. The molecule has 0 aliphatic carbocycles. The van der Waals surface area contributed by atoms with Gasteiger partial charge in [0.2, 0.25) is 0 Å². The predicted molar refractivity (Wildman–Crippen MR) is 72.1 cm³/mol. The molecule has 1 aromatic carbocycles. The molecule has 0 saturated heterocycles. The van der Waals surface area contributed by atoms with E-state index in [2.05, 4.69) is 4.98 Å². The van der Waals surface area contributed by atoms with E-state index in [9.17, 15) is 18.3 Å². The highest BCUT2D eigenvalue weighted by atomic mass is 19.4. The lowest BCUT2D eigenvalue weighted by Gasteiger charge is -2.19. The van der Waals surface area contributed by atoms with Crippen LogP contribution in [-0.4, -0.2) is 40.2 Å². The van der Waals surface area contributed by atoms with Gasteiger partial charge in [0.1, 0.15) is 19.0 Å². The van der Waals surface area contributed by atoms with Crippen molar-refractivity contribution in [2.24, 2.45) is 0 Å².